The van der Waals surface area contributed by atoms with Crippen molar-refractivity contribution in [3.63, 3.8) is 0 Å². The van der Waals surface area contributed by atoms with Crippen LogP contribution in [0.25, 0.3) is 0 Å². The number of benzene rings is 1. The number of halogens is 2. The fourth-order valence-corrected chi connectivity index (χ4v) is 3.00. The molecule has 1 aromatic rings. The first kappa shape index (κ1) is 14.0. The molecule has 4 heteroatoms. The molecule has 2 rings (SSSR count). The molecule has 1 fully saturated rings. The lowest BCUT2D eigenvalue weighted by Crippen LogP contribution is -2.40. The fourth-order valence-electron chi connectivity index (χ4n) is 2.67. The van der Waals surface area contributed by atoms with Gasteiger partial charge in [-0.05, 0) is 37.0 Å². The predicted molar refractivity (Wildman–Crippen MR) is 72.0 cm³/mol. The summed E-state index contributed by atoms with van der Waals surface area (Å²) in [6, 6.07) is 4.97. The highest BCUT2D eigenvalue weighted by Gasteiger charge is 2.35. The summed E-state index contributed by atoms with van der Waals surface area (Å²) in [5, 5.41) is 10.6. The van der Waals surface area contributed by atoms with Crippen LogP contribution in [0.4, 0.5) is 4.39 Å². The van der Waals surface area contributed by atoms with E-state index in [1.807, 2.05) is 0 Å². The lowest BCUT2D eigenvalue weighted by atomic mass is 9.79. The van der Waals surface area contributed by atoms with E-state index in [0.29, 0.717) is 29.3 Å². The van der Waals surface area contributed by atoms with Crippen molar-refractivity contribution in [1.29, 1.82) is 0 Å². The van der Waals surface area contributed by atoms with Crippen molar-refractivity contribution in [2.24, 2.45) is 0 Å². The Balaban J connectivity index is 2.11. The Labute approximate surface area is 115 Å². The van der Waals surface area contributed by atoms with Gasteiger partial charge in [0, 0.05) is 24.4 Å². The highest BCUT2D eigenvalue weighted by molar-refractivity contribution is 9.10. The Morgan fingerprint density at radius 3 is 3.00 bits per heavy atom. The van der Waals surface area contributed by atoms with E-state index in [4.69, 9.17) is 4.74 Å². The maximum atomic E-state index is 13.8. The molecule has 2 atom stereocenters. The van der Waals surface area contributed by atoms with E-state index in [-0.39, 0.29) is 11.9 Å². The smallest absolute Gasteiger partial charge is 0.127 e. The zero-order valence-electron chi connectivity index (χ0n) is 10.5. The Morgan fingerprint density at radius 1 is 1.56 bits per heavy atom. The molecule has 0 amide bonds. The molecule has 0 spiro atoms. The van der Waals surface area contributed by atoms with Crippen molar-refractivity contribution < 1.29 is 14.2 Å². The van der Waals surface area contributed by atoms with Crippen LogP contribution in [-0.4, -0.2) is 23.9 Å². The first-order valence-electron chi connectivity index (χ1n) is 6.21. The Hall–Kier alpha value is -0.450. The van der Waals surface area contributed by atoms with E-state index in [1.165, 1.54) is 6.07 Å². The summed E-state index contributed by atoms with van der Waals surface area (Å²) in [6.45, 7) is 0. The van der Waals surface area contributed by atoms with Crippen LogP contribution < -0.4 is 0 Å². The van der Waals surface area contributed by atoms with E-state index in [9.17, 15) is 9.50 Å². The largest absolute Gasteiger partial charge is 0.389 e. The highest BCUT2D eigenvalue weighted by Crippen LogP contribution is 2.33. The van der Waals surface area contributed by atoms with Gasteiger partial charge >= 0.3 is 0 Å². The van der Waals surface area contributed by atoms with Crippen LogP contribution in [0.5, 0.6) is 0 Å². The van der Waals surface area contributed by atoms with Crippen molar-refractivity contribution in [2.75, 3.05) is 7.11 Å². The summed E-state index contributed by atoms with van der Waals surface area (Å²) in [6.07, 6.45) is 3.63. The predicted octanol–water partition coefficient (Wildman–Crippen LogP) is 3.45. The van der Waals surface area contributed by atoms with Crippen LogP contribution in [0, 0.1) is 5.82 Å². The van der Waals surface area contributed by atoms with Crippen molar-refractivity contribution in [2.45, 2.75) is 43.8 Å². The molecule has 1 aliphatic carbocycles. The fraction of sp³-hybridized carbons (Fsp3) is 0.571. The molecule has 0 saturated heterocycles. The average Bonchev–Trinajstić information content (AvgIpc) is 2.33. The molecule has 2 nitrogen and oxygen atoms in total. The van der Waals surface area contributed by atoms with Gasteiger partial charge in [0.1, 0.15) is 5.82 Å². The third kappa shape index (κ3) is 3.31. The molecule has 0 aliphatic heterocycles. The third-order valence-electron chi connectivity index (χ3n) is 3.64. The minimum atomic E-state index is -0.840. The van der Waals surface area contributed by atoms with Gasteiger partial charge in [-0.25, -0.2) is 4.39 Å². The molecule has 2 unspecified atom stereocenters. The summed E-state index contributed by atoms with van der Waals surface area (Å²) in [4.78, 5) is 0. The molecule has 1 N–H and O–H groups in total. The van der Waals surface area contributed by atoms with Crippen LogP contribution in [0.15, 0.2) is 22.7 Å². The van der Waals surface area contributed by atoms with Gasteiger partial charge in [0.2, 0.25) is 0 Å². The maximum absolute atomic E-state index is 13.8. The first-order chi connectivity index (χ1) is 8.52. The summed E-state index contributed by atoms with van der Waals surface area (Å²) in [5.74, 6) is -0.266. The maximum Gasteiger partial charge on any atom is 0.127 e. The molecule has 0 heterocycles. The number of hydrogen-bond donors (Lipinski definition) is 1. The third-order valence-corrected chi connectivity index (χ3v) is 4.14. The standard InChI is InChI=1S/C14H18BrFO2/c1-18-12-3-2-6-14(17,9-12)8-10-4-5-11(15)7-13(10)16/h4-5,7,12,17H,2-3,6,8-9H2,1H3. The number of hydrogen-bond acceptors (Lipinski definition) is 2. The average molecular weight is 317 g/mol. The lowest BCUT2D eigenvalue weighted by Gasteiger charge is -2.36. The van der Waals surface area contributed by atoms with Gasteiger partial charge in [-0.3, -0.25) is 0 Å². The molecule has 0 bridgehead atoms. The van der Waals surface area contributed by atoms with E-state index in [1.54, 1.807) is 19.2 Å². The van der Waals surface area contributed by atoms with Crippen LogP contribution in [-0.2, 0) is 11.2 Å². The molecule has 18 heavy (non-hydrogen) atoms. The minimum absolute atomic E-state index is 0.0854. The second-order valence-corrected chi connectivity index (χ2v) is 6.01. The second kappa shape index (κ2) is 5.68. The number of methoxy groups -OCH3 is 1. The van der Waals surface area contributed by atoms with Crippen LogP contribution >= 0.6 is 15.9 Å². The van der Waals surface area contributed by atoms with Crippen LogP contribution in [0.1, 0.15) is 31.2 Å². The van der Waals surface area contributed by atoms with Crippen molar-refractivity contribution in [3.05, 3.63) is 34.1 Å². The van der Waals surface area contributed by atoms with Gasteiger partial charge in [0.15, 0.2) is 0 Å². The normalized spacial score (nSPS) is 28.3. The van der Waals surface area contributed by atoms with E-state index < -0.39 is 5.60 Å². The van der Waals surface area contributed by atoms with Gasteiger partial charge in [-0.2, -0.15) is 0 Å². The molecule has 1 saturated carbocycles. The molecule has 100 valence electrons. The summed E-state index contributed by atoms with van der Waals surface area (Å²) >= 11 is 3.23. The van der Waals surface area contributed by atoms with Crippen molar-refractivity contribution >= 4 is 15.9 Å². The molecule has 1 aliphatic rings. The van der Waals surface area contributed by atoms with Gasteiger partial charge in [0.05, 0.1) is 11.7 Å². The van der Waals surface area contributed by atoms with Gasteiger partial charge in [0.25, 0.3) is 0 Å². The number of ether oxygens (including phenoxy) is 1. The first-order valence-corrected chi connectivity index (χ1v) is 7.01. The highest BCUT2D eigenvalue weighted by atomic mass is 79.9. The monoisotopic (exact) mass is 316 g/mol. The number of aliphatic hydroxyl groups is 1. The zero-order valence-corrected chi connectivity index (χ0v) is 12.0. The molecular weight excluding hydrogens is 299 g/mol. The second-order valence-electron chi connectivity index (χ2n) is 5.09. The Kier molecular flexibility index (Phi) is 4.41. The minimum Gasteiger partial charge on any atom is -0.389 e. The topological polar surface area (TPSA) is 29.5 Å². The van der Waals surface area contributed by atoms with E-state index in [2.05, 4.69) is 15.9 Å². The Bertz CT molecular complexity index is 424. The van der Waals surface area contributed by atoms with Crippen molar-refractivity contribution in [3.8, 4) is 0 Å². The van der Waals surface area contributed by atoms with Gasteiger partial charge < -0.3 is 9.84 Å². The zero-order chi connectivity index (χ0) is 13.2. The summed E-state index contributed by atoms with van der Waals surface area (Å²) in [5.41, 5.74) is -0.273. The summed E-state index contributed by atoms with van der Waals surface area (Å²) < 4.78 is 19.8. The molecule has 0 aromatic heterocycles. The van der Waals surface area contributed by atoms with Gasteiger partial charge in [-0.1, -0.05) is 22.0 Å². The van der Waals surface area contributed by atoms with Gasteiger partial charge in [-0.15, -0.1) is 0 Å². The Morgan fingerprint density at radius 2 is 2.33 bits per heavy atom. The van der Waals surface area contributed by atoms with E-state index in [0.717, 1.165) is 12.8 Å². The molecule has 0 radical (unpaired) electrons. The van der Waals surface area contributed by atoms with Crippen LogP contribution in [0.3, 0.4) is 0 Å². The SMILES string of the molecule is COC1CCCC(O)(Cc2ccc(Br)cc2F)C1. The quantitative estimate of drug-likeness (QED) is 0.925. The molecule has 1 aromatic carbocycles. The number of rotatable bonds is 3. The van der Waals surface area contributed by atoms with E-state index >= 15 is 0 Å². The lowest BCUT2D eigenvalue weighted by molar-refractivity contribution is -0.0585. The summed E-state index contributed by atoms with van der Waals surface area (Å²) in [7, 11) is 1.66. The van der Waals surface area contributed by atoms with Crippen LogP contribution in [0.2, 0.25) is 0 Å². The van der Waals surface area contributed by atoms with Crippen molar-refractivity contribution in [1.82, 2.24) is 0 Å². The molecular formula is C14H18BrFO2.